The Labute approximate surface area is 228 Å². The smallest absolute Gasteiger partial charge is 0.433 e. The summed E-state index contributed by atoms with van der Waals surface area (Å²) in [6.07, 6.45) is -1.57. The summed E-state index contributed by atoms with van der Waals surface area (Å²) in [5, 5.41) is 6.80. The minimum Gasteiger partial charge on any atom is -0.462 e. The molecule has 0 saturated heterocycles. The summed E-state index contributed by atoms with van der Waals surface area (Å²) in [5.74, 6) is -1.44. The summed E-state index contributed by atoms with van der Waals surface area (Å²) in [7, 11) is 0. The van der Waals surface area contributed by atoms with E-state index in [1.54, 1.807) is 6.92 Å². The van der Waals surface area contributed by atoms with Crippen molar-refractivity contribution in [1.29, 1.82) is 0 Å². The van der Waals surface area contributed by atoms with Gasteiger partial charge in [-0.25, -0.2) is 14.3 Å². The standard InChI is InChI=1S/C25H19Cl2F3N4O3S/c1-2-37-24(36)18-14-5-3-4-6-16(14)38-23(18)32-22(35)20-19(27)21-31-15(12-7-9-13(26)10-8-12)11-17(25(28,29)30)34(21)33-20/h7-11H,2-6H2,1H3,(H,32,35). The van der Waals surface area contributed by atoms with Crippen LogP contribution in [0.5, 0.6) is 0 Å². The van der Waals surface area contributed by atoms with Gasteiger partial charge in [-0.3, -0.25) is 4.79 Å². The number of rotatable bonds is 5. The first-order valence-electron chi connectivity index (χ1n) is 11.6. The fourth-order valence-electron chi connectivity index (χ4n) is 4.34. The van der Waals surface area contributed by atoms with E-state index in [0.29, 0.717) is 21.5 Å². The molecule has 38 heavy (non-hydrogen) atoms. The predicted molar refractivity (Wildman–Crippen MR) is 138 cm³/mol. The first kappa shape index (κ1) is 26.5. The van der Waals surface area contributed by atoms with Crippen LogP contribution in [0, 0.1) is 0 Å². The van der Waals surface area contributed by atoms with E-state index < -0.39 is 29.4 Å². The Bertz CT molecular complexity index is 1570. The Balaban J connectivity index is 1.59. The van der Waals surface area contributed by atoms with Crippen molar-refractivity contribution in [2.75, 3.05) is 11.9 Å². The molecule has 0 spiro atoms. The van der Waals surface area contributed by atoms with Crippen molar-refractivity contribution in [3.8, 4) is 11.3 Å². The number of aromatic nitrogens is 3. The van der Waals surface area contributed by atoms with Crippen molar-refractivity contribution in [2.24, 2.45) is 0 Å². The average molecular weight is 583 g/mol. The van der Waals surface area contributed by atoms with Crippen molar-refractivity contribution in [3.63, 3.8) is 0 Å². The highest BCUT2D eigenvalue weighted by Crippen LogP contribution is 2.40. The van der Waals surface area contributed by atoms with Crippen molar-refractivity contribution < 1.29 is 27.5 Å². The number of benzene rings is 1. The molecule has 198 valence electrons. The van der Waals surface area contributed by atoms with Crippen LogP contribution in [-0.2, 0) is 23.8 Å². The largest absolute Gasteiger partial charge is 0.462 e. The molecule has 13 heteroatoms. The molecule has 3 aromatic heterocycles. The lowest BCUT2D eigenvalue weighted by Gasteiger charge is -2.12. The Morgan fingerprint density at radius 3 is 2.55 bits per heavy atom. The van der Waals surface area contributed by atoms with E-state index in [9.17, 15) is 22.8 Å². The van der Waals surface area contributed by atoms with Gasteiger partial charge in [0.25, 0.3) is 5.91 Å². The second kappa shape index (κ2) is 10.2. The fourth-order valence-corrected chi connectivity index (χ4v) is 5.99. The first-order valence-corrected chi connectivity index (χ1v) is 13.2. The van der Waals surface area contributed by atoms with Gasteiger partial charge in [-0.2, -0.15) is 18.3 Å². The molecule has 0 fully saturated rings. The van der Waals surface area contributed by atoms with Gasteiger partial charge in [0.05, 0.1) is 17.9 Å². The monoisotopic (exact) mass is 582 g/mol. The van der Waals surface area contributed by atoms with Gasteiger partial charge in [0.2, 0.25) is 0 Å². The van der Waals surface area contributed by atoms with Crippen molar-refractivity contribution >= 4 is 57.1 Å². The lowest BCUT2D eigenvalue weighted by atomic mass is 9.95. The van der Waals surface area contributed by atoms with Crippen LogP contribution in [0.25, 0.3) is 16.9 Å². The highest BCUT2D eigenvalue weighted by atomic mass is 35.5. The molecule has 7 nitrogen and oxygen atoms in total. The molecular weight excluding hydrogens is 564 g/mol. The number of esters is 1. The molecule has 1 N–H and O–H groups in total. The predicted octanol–water partition coefficient (Wildman–Crippen LogP) is 7.09. The van der Waals surface area contributed by atoms with Crippen LogP contribution in [-0.4, -0.2) is 33.1 Å². The molecular formula is C25H19Cl2F3N4O3S. The molecule has 1 aliphatic carbocycles. The summed E-state index contributed by atoms with van der Waals surface area (Å²) in [5.41, 5.74) is -0.526. The second-order valence-electron chi connectivity index (χ2n) is 8.52. The van der Waals surface area contributed by atoms with Crippen molar-refractivity contribution in [2.45, 2.75) is 38.8 Å². The number of hydrogen-bond acceptors (Lipinski definition) is 6. The Kier molecular flexibility index (Phi) is 7.10. The van der Waals surface area contributed by atoms with Gasteiger partial charge in [-0.05, 0) is 56.4 Å². The summed E-state index contributed by atoms with van der Waals surface area (Å²) < 4.78 is 47.7. The van der Waals surface area contributed by atoms with E-state index in [1.165, 1.54) is 35.6 Å². The van der Waals surface area contributed by atoms with E-state index in [1.807, 2.05) is 0 Å². The molecule has 5 rings (SSSR count). The van der Waals surface area contributed by atoms with Gasteiger partial charge in [0.1, 0.15) is 10.0 Å². The number of aryl methyl sites for hydroxylation is 1. The number of ether oxygens (including phenoxy) is 1. The summed E-state index contributed by atoms with van der Waals surface area (Å²) in [4.78, 5) is 31.2. The van der Waals surface area contributed by atoms with Gasteiger partial charge in [-0.15, -0.1) is 11.3 Å². The van der Waals surface area contributed by atoms with E-state index in [-0.39, 0.29) is 33.5 Å². The van der Waals surface area contributed by atoms with Crippen LogP contribution < -0.4 is 5.32 Å². The molecule has 0 saturated carbocycles. The third-order valence-electron chi connectivity index (χ3n) is 6.06. The zero-order valence-corrected chi connectivity index (χ0v) is 22.1. The normalized spacial score (nSPS) is 13.4. The van der Waals surface area contributed by atoms with Crippen molar-refractivity contribution in [3.05, 3.63) is 67.8 Å². The van der Waals surface area contributed by atoms with Crippen LogP contribution in [0.1, 0.15) is 56.7 Å². The van der Waals surface area contributed by atoms with Gasteiger partial charge in [0.15, 0.2) is 17.0 Å². The minimum absolute atomic E-state index is 0.0224. The number of hydrogen-bond donors (Lipinski definition) is 1. The summed E-state index contributed by atoms with van der Waals surface area (Å²) >= 11 is 13.5. The Morgan fingerprint density at radius 2 is 1.87 bits per heavy atom. The quantitative estimate of drug-likeness (QED) is 0.254. The van der Waals surface area contributed by atoms with Crippen molar-refractivity contribution in [1.82, 2.24) is 14.6 Å². The number of carbonyl (C=O) groups excluding carboxylic acids is 2. The number of fused-ring (bicyclic) bond motifs is 2. The topological polar surface area (TPSA) is 85.6 Å². The van der Waals surface area contributed by atoms with E-state index >= 15 is 0 Å². The molecule has 1 aromatic carbocycles. The Morgan fingerprint density at radius 1 is 1.16 bits per heavy atom. The maximum absolute atomic E-state index is 14.0. The molecule has 0 radical (unpaired) electrons. The Hall–Kier alpha value is -3.15. The average Bonchev–Trinajstić information content (AvgIpc) is 3.40. The highest BCUT2D eigenvalue weighted by molar-refractivity contribution is 7.17. The minimum atomic E-state index is -4.82. The van der Waals surface area contributed by atoms with E-state index in [0.717, 1.165) is 35.8 Å². The number of amides is 1. The number of alkyl halides is 3. The number of anilines is 1. The van der Waals surface area contributed by atoms with Gasteiger partial charge in [0, 0.05) is 15.5 Å². The molecule has 0 unspecified atom stereocenters. The number of nitrogens with one attached hydrogen (secondary N) is 1. The summed E-state index contributed by atoms with van der Waals surface area (Å²) in [6, 6.07) is 6.92. The molecule has 0 aliphatic heterocycles. The van der Waals surface area contributed by atoms with Crippen LogP contribution in [0.2, 0.25) is 10.0 Å². The zero-order chi connectivity index (χ0) is 27.2. The molecule has 1 aliphatic rings. The maximum atomic E-state index is 14.0. The molecule has 3 heterocycles. The van der Waals surface area contributed by atoms with Crippen LogP contribution >= 0.6 is 34.5 Å². The number of nitrogens with zero attached hydrogens (tertiary/aromatic N) is 3. The second-order valence-corrected chi connectivity index (χ2v) is 10.4. The first-order chi connectivity index (χ1) is 18.1. The third kappa shape index (κ3) is 4.85. The fraction of sp³-hybridized carbons (Fsp3) is 0.280. The third-order valence-corrected chi connectivity index (χ3v) is 7.86. The number of thiophene rings is 1. The molecule has 4 aromatic rings. The maximum Gasteiger partial charge on any atom is 0.433 e. The molecule has 0 bridgehead atoms. The van der Waals surface area contributed by atoms with E-state index in [4.69, 9.17) is 27.9 Å². The van der Waals surface area contributed by atoms with Crippen LogP contribution in [0.15, 0.2) is 30.3 Å². The van der Waals surface area contributed by atoms with E-state index in [2.05, 4.69) is 15.4 Å². The lowest BCUT2D eigenvalue weighted by Crippen LogP contribution is -2.17. The number of halogens is 5. The lowest BCUT2D eigenvalue weighted by molar-refractivity contribution is -0.142. The summed E-state index contributed by atoms with van der Waals surface area (Å²) in [6.45, 7) is 1.83. The zero-order valence-electron chi connectivity index (χ0n) is 19.8. The number of carbonyl (C=O) groups is 2. The molecule has 1 amide bonds. The van der Waals surface area contributed by atoms with Crippen LogP contribution in [0.3, 0.4) is 0 Å². The molecule has 0 atom stereocenters. The SMILES string of the molecule is CCOC(=O)c1c(NC(=O)c2nn3c(C(F)(F)F)cc(-c4ccc(Cl)cc4)nc3c2Cl)sc2c1CCCC2. The van der Waals surface area contributed by atoms with Crippen LogP contribution in [0.4, 0.5) is 18.2 Å². The van der Waals surface area contributed by atoms with Gasteiger partial charge < -0.3 is 10.1 Å². The van der Waals surface area contributed by atoms with Gasteiger partial charge in [-0.1, -0.05) is 35.3 Å². The highest BCUT2D eigenvalue weighted by Gasteiger charge is 2.37. The van der Waals surface area contributed by atoms with Gasteiger partial charge >= 0.3 is 12.1 Å².